The van der Waals surface area contributed by atoms with Gasteiger partial charge in [0.25, 0.3) is 0 Å². The van der Waals surface area contributed by atoms with Gasteiger partial charge in [-0.25, -0.2) is 4.98 Å². The van der Waals surface area contributed by atoms with Gasteiger partial charge in [0.2, 0.25) is 0 Å². The molecule has 0 aliphatic heterocycles. The number of carboxylic acids is 1. The van der Waals surface area contributed by atoms with E-state index in [0.717, 1.165) is 52.8 Å². The van der Waals surface area contributed by atoms with Crippen LogP contribution in [0.5, 0.6) is 5.75 Å². The zero-order valence-electron chi connectivity index (χ0n) is 20.4. The first-order chi connectivity index (χ1) is 17.0. The SMILES string of the molecule is CC1CCC(Oc2ccc(-c3csc(C(Cc4cccc(C(=O)[O-])c4)C4CCCC4)n3)cc2)CC1. The summed E-state index contributed by atoms with van der Waals surface area (Å²) in [6.07, 6.45) is 10.9. The molecule has 5 heteroatoms. The fourth-order valence-electron chi connectivity index (χ4n) is 5.73. The highest BCUT2D eigenvalue weighted by atomic mass is 32.1. The lowest BCUT2D eigenvalue weighted by Crippen LogP contribution is -2.22. The average molecular weight is 489 g/mol. The zero-order valence-corrected chi connectivity index (χ0v) is 21.3. The largest absolute Gasteiger partial charge is 0.545 e. The summed E-state index contributed by atoms with van der Waals surface area (Å²) in [6.45, 7) is 2.33. The molecule has 0 spiro atoms. The van der Waals surface area contributed by atoms with Crippen molar-refractivity contribution in [3.05, 3.63) is 70.0 Å². The van der Waals surface area contributed by atoms with Crippen LogP contribution in [0.25, 0.3) is 11.3 Å². The third-order valence-electron chi connectivity index (χ3n) is 7.84. The van der Waals surface area contributed by atoms with Gasteiger partial charge in [-0.1, -0.05) is 38.0 Å². The summed E-state index contributed by atoms with van der Waals surface area (Å²) in [4.78, 5) is 16.4. The second kappa shape index (κ2) is 10.9. The van der Waals surface area contributed by atoms with E-state index < -0.39 is 5.97 Å². The second-order valence-corrected chi connectivity index (χ2v) is 11.3. The summed E-state index contributed by atoms with van der Waals surface area (Å²) in [6, 6.07) is 15.6. The molecule has 1 unspecified atom stereocenters. The first kappa shape index (κ1) is 24.1. The molecular formula is C30H34NO3S-. The quantitative estimate of drug-likeness (QED) is 0.356. The van der Waals surface area contributed by atoms with E-state index in [2.05, 4.69) is 36.6 Å². The fraction of sp³-hybridized carbons (Fsp3) is 0.467. The number of carbonyl (C=O) groups is 1. The monoisotopic (exact) mass is 488 g/mol. The van der Waals surface area contributed by atoms with E-state index in [1.807, 2.05) is 12.1 Å². The Kier molecular flexibility index (Phi) is 7.52. The van der Waals surface area contributed by atoms with Crippen LogP contribution in [-0.4, -0.2) is 17.1 Å². The van der Waals surface area contributed by atoms with Crippen molar-refractivity contribution in [1.29, 1.82) is 0 Å². The number of aromatic nitrogens is 1. The Balaban J connectivity index is 1.31. The Labute approximate surface area is 212 Å². The highest BCUT2D eigenvalue weighted by molar-refractivity contribution is 7.10. The van der Waals surface area contributed by atoms with Crippen molar-refractivity contribution in [2.24, 2.45) is 11.8 Å². The van der Waals surface area contributed by atoms with Gasteiger partial charge in [-0.2, -0.15) is 0 Å². The number of hydrogen-bond donors (Lipinski definition) is 0. The van der Waals surface area contributed by atoms with Crippen LogP contribution in [0.1, 0.15) is 85.1 Å². The maximum Gasteiger partial charge on any atom is 0.119 e. The van der Waals surface area contributed by atoms with E-state index in [0.29, 0.717) is 17.9 Å². The van der Waals surface area contributed by atoms with Gasteiger partial charge in [0.05, 0.1) is 22.8 Å². The summed E-state index contributed by atoms with van der Waals surface area (Å²) in [5.41, 5.74) is 3.41. The van der Waals surface area contributed by atoms with Crippen molar-refractivity contribution in [2.75, 3.05) is 0 Å². The Morgan fingerprint density at radius 2 is 1.80 bits per heavy atom. The van der Waals surface area contributed by atoms with Gasteiger partial charge in [0.1, 0.15) is 5.75 Å². The van der Waals surface area contributed by atoms with E-state index >= 15 is 0 Å². The fourth-order valence-corrected chi connectivity index (χ4v) is 6.75. The van der Waals surface area contributed by atoms with Crippen LogP contribution >= 0.6 is 11.3 Å². The number of thiazole rings is 1. The summed E-state index contributed by atoms with van der Waals surface area (Å²) in [7, 11) is 0. The number of rotatable bonds is 8. The van der Waals surface area contributed by atoms with Crippen molar-refractivity contribution < 1.29 is 14.6 Å². The summed E-state index contributed by atoms with van der Waals surface area (Å²) in [5.74, 6) is 1.55. The number of benzene rings is 2. The van der Waals surface area contributed by atoms with Crippen molar-refractivity contribution in [1.82, 2.24) is 4.98 Å². The standard InChI is InChI=1S/C30H35NO3S/c1-20-9-13-25(14-10-20)34-26-15-11-23(12-16-26)28-19-35-29(31-28)27(22-6-2-3-7-22)18-21-5-4-8-24(17-21)30(32)33/h4-5,8,11-12,15-17,19-20,22,25,27H,2-3,6-7,9-10,13-14,18H2,1H3,(H,32,33)/p-1. The van der Waals surface area contributed by atoms with Gasteiger partial charge in [-0.05, 0) is 98.2 Å². The van der Waals surface area contributed by atoms with Crippen LogP contribution in [0.2, 0.25) is 0 Å². The van der Waals surface area contributed by atoms with E-state index in [1.165, 1.54) is 38.5 Å². The van der Waals surface area contributed by atoms with Crippen LogP contribution in [0.15, 0.2) is 53.9 Å². The molecule has 0 N–H and O–H groups in total. The first-order valence-electron chi connectivity index (χ1n) is 13.1. The van der Waals surface area contributed by atoms with Crippen LogP contribution in [0.3, 0.4) is 0 Å². The van der Waals surface area contributed by atoms with Crippen LogP contribution in [0.4, 0.5) is 0 Å². The normalized spacial score (nSPS) is 21.6. The van der Waals surface area contributed by atoms with Crippen LogP contribution in [0, 0.1) is 11.8 Å². The van der Waals surface area contributed by atoms with Gasteiger partial charge in [0, 0.05) is 16.9 Å². The molecule has 1 heterocycles. The molecule has 2 aliphatic carbocycles. The highest BCUT2D eigenvalue weighted by Crippen LogP contribution is 2.41. The molecule has 0 amide bonds. The number of hydrogen-bond acceptors (Lipinski definition) is 5. The minimum atomic E-state index is -1.12. The maximum absolute atomic E-state index is 11.3. The molecule has 184 valence electrons. The minimum absolute atomic E-state index is 0.248. The second-order valence-electron chi connectivity index (χ2n) is 10.4. The minimum Gasteiger partial charge on any atom is -0.545 e. The number of carbonyl (C=O) groups excluding carboxylic acids is 1. The molecule has 0 radical (unpaired) electrons. The van der Waals surface area contributed by atoms with Crippen LogP contribution < -0.4 is 9.84 Å². The number of ether oxygens (including phenoxy) is 1. The molecule has 2 fully saturated rings. The maximum atomic E-state index is 11.3. The number of aromatic carboxylic acids is 1. The summed E-state index contributed by atoms with van der Waals surface area (Å²) >= 11 is 1.73. The lowest BCUT2D eigenvalue weighted by atomic mass is 9.85. The molecule has 5 rings (SSSR count). The smallest absolute Gasteiger partial charge is 0.119 e. The van der Waals surface area contributed by atoms with E-state index in [9.17, 15) is 9.90 Å². The molecule has 4 nitrogen and oxygen atoms in total. The highest BCUT2D eigenvalue weighted by Gasteiger charge is 2.29. The van der Waals surface area contributed by atoms with Gasteiger partial charge in [0.15, 0.2) is 0 Å². The Bertz CT molecular complexity index is 1120. The third kappa shape index (κ3) is 5.95. The molecule has 35 heavy (non-hydrogen) atoms. The lowest BCUT2D eigenvalue weighted by molar-refractivity contribution is -0.255. The molecular weight excluding hydrogens is 454 g/mol. The van der Waals surface area contributed by atoms with Gasteiger partial charge >= 0.3 is 0 Å². The molecule has 1 aromatic heterocycles. The molecule has 2 saturated carbocycles. The molecule has 1 atom stereocenters. The topological polar surface area (TPSA) is 62.2 Å². The Morgan fingerprint density at radius 3 is 2.51 bits per heavy atom. The Hall–Kier alpha value is -2.66. The lowest BCUT2D eigenvalue weighted by Gasteiger charge is -2.26. The van der Waals surface area contributed by atoms with Gasteiger partial charge < -0.3 is 14.6 Å². The van der Waals surface area contributed by atoms with Gasteiger partial charge in [-0.15, -0.1) is 11.3 Å². The predicted octanol–water partition coefficient (Wildman–Crippen LogP) is 6.65. The average Bonchev–Trinajstić information content (AvgIpc) is 3.58. The predicted molar refractivity (Wildman–Crippen MR) is 139 cm³/mol. The summed E-state index contributed by atoms with van der Waals surface area (Å²) < 4.78 is 6.23. The van der Waals surface area contributed by atoms with Crippen LogP contribution in [-0.2, 0) is 6.42 Å². The van der Waals surface area contributed by atoms with Gasteiger partial charge in [-0.3, -0.25) is 0 Å². The van der Waals surface area contributed by atoms with E-state index in [1.54, 1.807) is 23.5 Å². The molecule has 3 aromatic rings. The molecule has 0 saturated heterocycles. The van der Waals surface area contributed by atoms with Crippen molar-refractivity contribution in [2.45, 2.75) is 76.7 Å². The van der Waals surface area contributed by atoms with Crippen molar-refractivity contribution in [3.8, 4) is 17.0 Å². The van der Waals surface area contributed by atoms with Crippen molar-refractivity contribution in [3.63, 3.8) is 0 Å². The molecule has 2 aromatic carbocycles. The number of nitrogens with zero attached hydrogens (tertiary/aromatic N) is 1. The van der Waals surface area contributed by atoms with E-state index in [-0.39, 0.29) is 5.56 Å². The zero-order chi connectivity index (χ0) is 24.2. The molecule has 0 bridgehead atoms. The third-order valence-corrected chi connectivity index (χ3v) is 8.82. The number of carboxylic acid groups (broad SMARTS) is 1. The summed E-state index contributed by atoms with van der Waals surface area (Å²) in [5, 5.41) is 14.7. The molecule has 2 aliphatic rings. The first-order valence-corrected chi connectivity index (χ1v) is 14.0. The van der Waals surface area contributed by atoms with Crippen molar-refractivity contribution >= 4 is 17.3 Å². The van der Waals surface area contributed by atoms with E-state index in [4.69, 9.17) is 9.72 Å². The Morgan fingerprint density at radius 1 is 1.06 bits per heavy atom.